The molecule has 0 bridgehead atoms. The van der Waals surface area contributed by atoms with Crippen molar-refractivity contribution in [2.24, 2.45) is 5.92 Å². The van der Waals surface area contributed by atoms with E-state index in [2.05, 4.69) is 0 Å². The van der Waals surface area contributed by atoms with Crippen molar-refractivity contribution in [3.05, 3.63) is 35.6 Å². The maximum Gasteiger partial charge on any atom is 0.303 e. The third kappa shape index (κ3) is 3.79. The topological polar surface area (TPSA) is 57.6 Å². The summed E-state index contributed by atoms with van der Waals surface area (Å²) in [7, 11) is 0. The van der Waals surface area contributed by atoms with E-state index in [9.17, 15) is 14.0 Å². The number of nitrogens with zero attached hydrogens (tertiary/aromatic N) is 1. The Labute approximate surface area is 117 Å². The number of piperidine rings is 1. The van der Waals surface area contributed by atoms with Crippen LogP contribution in [0.4, 0.5) is 4.39 Å². The van der Waals surface area contributed by atoms with Gasteiger partial charge in [0.2, 0.25) is 5.91 Å². The van der Waals surface area contributed by atoms with Crippen LogP contribution >= 0.6 is 0 Å². The fourth-order valence-electron chi connectivity index (χ4n) is 2.62. The minimum Gasteiger partial charge on any atom is -0.481 e. The fraction of sp³-hybridized carbons (Fsp3) is 0.467. The molecule has 1 unspecified atom stereocenters. The van der Waals surface area contributed by atoms with Crippen LogP contribution in [-0.4, -0.2) is 35.0 Å². The lowest BCUT2D eigenvalue weighted by Gasteiger charge is -2.32. The molecule has 1 saturated heterocycles. The molecule has 0 aliphatic carbocycles. The average Bonchev–Trinajstić information content (AvgIpc) is 2.41. The number of carboxylic acids is 1. The Balaban J connectivity index is 1.95. The highest BCUT2D eigenvalue weighted by molar-refractivity contribution is 5.79. The van der Waals surface area contributed by atoms with Crippen molar-refractivity contribution in [2.45, 2.75) is 25.7 Å². The van der Waals surface area contributed by atoms with E-state index >= 15 is 0 Å². The van der Waals surface area contributed by atoms with E-state index in [1.165, 1.54) is 6.07 Å². The fourth-order valence-corrected chi connectivity index (χ4v) is 2.62. The van der Waals surface area contributed by atoms with Crippen molar-refractivity contribution in [1.82, 2.24) is 4.90 Å². The number of rotatable bonds is 4. The SMILES string of the molecule is O=C(O)CC1CCCN(C(=O)Cc2ccccc2F)C1. The van der Waals surface area contributed by atoms with Crippen LogP contribution in [0.1, 0.15) is 24.8 Å². The molecular weight excluding hydrogens is 261 g/mol. The number of hydrogen-bond acceptors (Lipinski definition) is 2. The van der Waals surface area contributed by atoms with Gasteiger partial charge in [0.15, 0.2) is 0 Å². The van der Waals surface area contributed by atoms with Gasteiger partial charge in [-0.3, -0.25) is 9.59 Å². The van der Waals surface area contributed by atoms with Gasteiger partial charge in [-0.2, -0.15) is 0 Å². The summed E-state index contributed by atoms with van der Waals surface area (Å²) in [6.45, 7) is 1.09. The maximum atomic E-state index is 13.5. The van der Waals surface area contributed by atoms with E-state index in [-0.39, 0.29) is 30.5 Å². The minimum absolute atomic E-state index is 0.00539. The number of benzene rings is 1. The van der Waals surface area contributed by atoms with Crippen LogP contribution in [0.25, 0.3) is 0 Å². The molecule has 5 heteroatoms. The van der Waals surface area contributed by atoms with E-state index in [0.29, 0.717) is 18.7 Å². The Hall–Kier alpha value is -1.91. The van der Waals surface area contributed by atoms with Crippen LogP contribution in [0.2, 0.25) is 0 Å². The quantitative estimate of drug-likeness (QED) is 0.918. The highest BCUT2D eigenvalue weighted by atomic mass is 19.1. The molecular formula is C15H18FNO3. The van der Waals surface area contributed by atoms with Crippen molar-refractivity contribution >= 4 is 11.9 Å². The zero-order valence-corrected chi connectivity index (χ0v) is 11.2. The molecule has 0 saturated carbocycles. The van der Waals surface area contributed by atoms with Gasteiger partial charge in [-0.25, -0.2) is 4.39 Å². The van der Waals surface area contributed by atoms with Crippen molar-refractivity contribution in [1.29, 1.82) is 0 Å². The number of amides is 1. The predicted octanol–water partition coefficient (Wildman–Crippen LogP) is 2.08. The molecule has 1 fully saturated rings. The van der Waals surface area contributed by atoms with Crippen LogP contribution in [0.15, 0.2) is 24.3 Å². The number of hydrogen-bond donors (Lipinski definition) is 1. The second-order valence-corrected chi connectivity index (χ2v) is 5.21. The highest BCUT2D eigenvalue weighted by Crippen LogP contribution is 2.20. The van der Waals surface area contributed by atoms with Crippen molar-refractivity contribution in [3.8, 4) is 0 Å². The molecule has 2 rings (SSSR count). The van der Waals surface area contributed by atoms with Crippen LogP contribution in [0, 0.1) is 11.7 Å². The van der Waals surface area contributed by atoms with Crippen LogP contribution in [0.5, 0.6) is 0 Å². The monoisotopic (exact) mass is 279 g/mol. The van der Waals surface area contributed by atoms with Crippen molar-refractivity contribution in [3.63, 3.8) is 0 Å². The predicted molar refractivity (Wildman–Crippen MR) is 71.7 cm³/mol. The zero-order chi connectivity index (χ0) is 14.5. The Morgan fingerprint density at radius 2 is 2.10 bits per heavy atom. The maximum absolute atomic E-state index is 13.5. The summed E-state index contributed by atoms with van der Waals surface area (Å²) in [6, 6.07) is 6.24. The van der Waals surface area contributed by atoms with Gasteiger partial charge < -0.3 is 10.0 Å². The van der Waals surface area contributed by atoms with Crippen molar-refractivity contribution < 1.29 is 19.1 Å². The number of likely N-dealkylation sites (tertiary alicyclic amines) is 1. The second kappa shape index (κ2) is 6.50. The number of carbonyl (C=O) groups is 2. The van der Waals surface area contributed by atoms with Gasteiger partial charge in [0.25, 0.3) is 0 Å². The normalized spacial score (nSPS) is 18.9. The van der Waals surface area contributed by atoms with Gasteiger partial charge in [0.1, 0.15) is 5.82 Å². The van der Waals surface area contributed by atoms with E-state index < -0.39 is 5.97 Å². The molecule has 20 heavy (non-hydrogen) atoms. The first-order chi connectivity index (χ1) is 9.56. The Morgan fingerprint density at radius 3 is 2.80 bits per heavy atom. The Morgan fingerprint density at radius 1 is 1.35 bits per heavy atom. The summed E-state index contributed by atoms with van der Waals surface area (Å²) < 4.78 is 13.5. The smallest absolute Gasteiger partial charge is 0.303 e. The van der Waals surface area contributed by atoms with Gasteiger partial charge in [-0.1, -0.05) is 18.2 Å². The molecule has 1 aliphatic rings. The van der Waals surface area contributed by atoms with Crippen LogP contribution in [0.3, 0.4) is 0 Å². The summed E-state index contributed by atoms with van der Waals surface area (Å²) >= 11 is 0. The summed E-state index contributed by atoms with van der Waals surface area (Å²) in [5.41, 5.74) is 0.387. The molecule has 1 aromatic carbocycles. The first-order valence-electron chi connectivity index (χ1n) is 6.79. The molecule has 1 aromatic rings. The van der Waals surface area contributed by atoms with Gasteiger partial charge in [-0.15, -0.1) is 0 Å². The summed E-state index contributed by atoms with van der Waals surface area (Å²) in [4.78, 5) is 24.5. The molecule has 1 amide bonds. The molecule has 1 N–H and O–H groups in total. The lowest BCUT2D eigenvalue weighted by molar-refractivity contribution is -0.140. The van der Waals surface area contributed by atoms with Gasteiger partial charge in [-0.05, 0) is 30.4 Å². The number of carboxylic acid groups (broad SMARTS) is 1. The lowest BCUT2D eigenvalue weighted by atomic mass is 9.94. The van der Waals surface area contributed by atoms with Crippen molar-refractivity contribution in [2.75, 3.05) is 13.1 Å². The van der Waals surface area contributed by atoms with E-state index in [0.717, 1.165) is 12.8 Å². The highest BCUT2D eigenvalue weighted by Gasteiger charge is 2.25. The summed E-state index contributed by atoms with van der Waals surface area (Å²) in [5.74, 6) is -1.34. The van der Waals surface area contributed by atoms with Crippen LogP contribution in [-0.2, 0) is 16.0 Å². The summed E-state index contributed by atoms with van der Waals surface area (Å²) in [6.07, 6.45) is 1.76. The molecule has 0 aromatic heterocycles. The van der Waals surface area contributed by atoms with Gasteiger partial charge in [0, 0.05) is 19.5 Å². The molecule has 4 nitrogen and oxygen atoms in total. The lowest BCUT2D eigenvalue weighted by Crippen LogP contribution is -2.41. The molecule has 1 aliphatic heterocycles. The number of carbonyl (C=O) groups excluding carboxylic acids is 1. The number of halogens is 1. The summed E-state index contributed by atoms with van der Waals surface area (Å²) in [5, 5.41) is 8.81. The van der Waals surface area contributed by atoms with Gasteiger partial charge >= 0.3 is 5.97 Å². The average molecular weight is 279 g/mol. The Kier molecular flexibility index (Phi) is 4.71. The molecule has 0 spiro atoms. The third-order valence-electron chi connectivity index (χ3n) is 3.63. The third-order valence-corrected chi connectivity index (χ3v) is 3.63. The first-order valence-corrected chi connectivity index (χ1v) is 6.79. The molecule has 1 heterocycles. The minimum atomic E-state index is -0.835. The second-order valence-electron chi connectivity index (χ2n) is 5.21. The largest absolute Gasteiger partial charge is 0.481 e. The standard InChI is InChI=1S/C15H18FNO3/c16-13-6-2-1-5-12(13)9-14(18)17-7-3-4-11(10-17)8-15(19)20/h1-2,5-6,11H,3-4,7-10H2,(H,19,20). The number of aliphatic carboxylic acids is 1. The Bertz CT molecular complexity index is 504. The molecule has 108 valence electrons. The zero-order valence-electron chi connectivity index (χ0n) is 11.2. The molecule has 0 radical (unpaired) electrons. The van der Waals surface area contributed by atoms with Gasteiger partial charge in [0.05, 0.1) is 6.42 Å². The van der Waals surface area contributed by atoms with Crippen LogP contribution < -0.4 is 0 Å². The van der Waals surface area contributed by atoms with E-state index in [4.69, 9.17) is 5.11 Å². The first kappa shape index (κ1) is 14.5. The molecule has 1 atom stereocenters. The van der Waals surface area contributed by atoms with E-state index in [1.54, 1.807) is 23.1 Å². The van der Waals surface area contributed by atoms with E-state index in [1.807, 2.05) is 0 Å².